The molecule has 0 bridgehead atoms. The molecule has 36 heavy (non-hydrogen) atoms. The van der Waals surface area contributed by atoms with Gasteiger partial charge in [0.15, 0.2) is 5.78 Å². The zero-order valence-electron chi connectivity index (χ0n) is 23.3. The Morgan fingerprint density at radius 2 is 1.19 bits per heavy atom. The normalized spacial score (nSPS) is 12.8. The number of carbonyl (C=O) groups excluding carboxylic acids is 1. The van der Waals surface area contributed by atoms with Crippen molar-refractivity contribution in [2.45, 2.75) is 90.4 Å². The Bertz CT molecular complexity index is 998. The van der Waals surface area contributed by atoms with Crippen molar-refractivity contribution in [3.8, 4) is 11.5 Å². The average molecular weight is 497 g/mol. The van der Waals surface area contributed by atoms with Crippen LogP contribution >= 0.6 is 0 Å². The minimum absolute atomic E-state index is 0.0949. The van der Waals surface area contributed by atoms with Gasteiger partial charge in [0.1, 0.15) is 28.3 Å². The third-order valence-corrected chi connectivity index (χ3v) is 6.60. The maximum absolute atomic E-state index is 11.9. The molecule has 0 saturated carbocycles. The lowest BCUT2D eigenvalue weighted by molar-refractivity contribution is -0.136. The van der Waals surface area contributed by atoms with Gasteiger partial charge in [0.05, 0.1) is 6.61 Å². The van der Waals surface area contributed by atoms with Crippen molar-refractivity contribution in [3.05, 3.63) is 72.3 Å². The first-order valence-electron chi connectivity index (χ1n) is 12.6. The lowest BCUT2D eigenvalue weighted by Crippen LogP contribution is -2.37. The summed E-state index contributed by atoms with van der Waals surface area (Å²) >= 11 is 0. The van der Waals surface area contributed by atoms with Crippen molar-refractivity contribution in [1.82, 2.24) is 0 Å². The molecule has 5 heteroatoms. The summed E-state index contributed by atoms with van der Waals surface area (Å²) in [7, 11) is 0. The molecule has 0 saturated heterocycles. The van der Waals surface area contributed by atoms with Crippen molar-refractivity contribution in [2.24, 2.45) is 0 Å². The third kappa shape index (κ3) is 8.21. The molecular formula is C31H44O5. The van der Waals surface area contributed by atoms with E-state index in [1.807, 2.05) is 52.0 Å². The highest BCUT2D eigenvalue weighted by Gasteiger charge is 2.28. The molecule has 0 fully saturated rings. The van der Waals surface area contributed by atoms with Gasteiger partial charge in [-0.3, -0.25) is 4.79 Å². The SMILES string of the molecule is C=CC(=O)C(C)(C)OCCC(C)(C)Oc1ccc(C(C)(C)c2ccc(OC(C)(C)CCO)cc2)cc1. The molecule has 2 rings (SSSR count). The summed E-state index contributed by atoms with van der Waals surface area (Å²) in [5, 5.41) is 9.22. The predicted molar refractivity (Wildman–Crippen MR) is 146 cm³/mol. The van der Waals surface area contributed by atoms with Crippen LogP contribution in [0, 0.1) is 0 Å². The average Bonchev–Trinajstić information content (AvgIpc) is 2.78. The number of hydrogen-bond donors (Lipinski definition) is 1. The van der Waals surface area contributed by atoms with E-state index in [0.29, 0.717) is 19.4 Å². The van der Waals surface area contributed by atoms with Crippen LogP contribution in [-0.2, 0) is 14.9 Å². The second kappa shape index (κ2) is 11.6. The highest BCUT2D eigenvalue weighted by Crippen LogP contribution is 2.34. The Labute approximate surface area is 217 Å². The Balaban J connectivity index is 2.03. The van der Waals surface area contributed by atoms with Crippen molar-refractivity contribution in [2.75, 3.05) is 13.2 Å². The van der Waals surface area contributed by atoms with E-state index in [9.17, 15) is 9.90 Å². The lowest BCUT2D eigenvalue weighted by Gasteiger charge is -2.30. The molecule has 0 amide bonds. The summed E-state index contributed by atoms with van der Waals surface area (Å²) < 4.78 is 18.1. The van der Waals surface area contributed by atoms with Gasteiger partial charge in [0.2, 0.25) is 0 Å². The molecule has 0 unspecified atom stereocenters. The molecule has 2 aromatic carbocycles. The minimum Gasteiger partial charge on any atom is -0.488 e. The quantitative estimate of drug-likeness (QED) is 0.297. The highest BCUT2D eigenvalue weighted by molar-refractivity contribution is 5.95. The van der Waals surface area contributed by atoms with Crippen molar-refractivity contribution in [1.29, 1.82) is 0 Å². The molecule has 0 aromatic heterocycles. The zero-order valence-corrected chi connectivity index (χ0v) is 23.3. The fourth-order valence-electron chi connectivity index (χ4n) is 3.92. The van der Waals surface area contributed by atoms with E-state index in [-0.39, 0.29) is 17.8 Å². The summed E-state index contributed by atoms with van der Waals surface area (Å²) in [5.41, 5.74) is 0.396. The molecule has 0 spiro atoms. The van der Waals surface area contributed by atoms with E-state index in [1.165, 1.54) is 17.2 Å². The predicted octanol–water partition coefficient (Wildman–Crippen LogP) is 6.65. The fraction of sp³-hybridized carbons (Fsp3) is 0.516. The molecule has 5 nitrogen and oxygen atoms in total. The van der Waals surface area contributed by atoms with Crippen LogP contribution in [0.1, 0.15) is 79.4 Å². The largest absolute Gasteiger partial charge is 0.488 e. The topological polar surface area (TPSA) is 65.0 Å². The summed E-state index contributed by atoms with van der Waals surface area (Å²) in [6.07, 6.45) is 2.51. The number of carbonyl (C=O) groups is 1. The summed E-state index contributed by atoms with van der Waals surface area (Å²) in [6, 6.07) is 16.4. The minimum atomic E-state index is -0.884. The van der Waals surface area contributed by atoms with Crippen LogP contribution in [0.5, 0.6) is 11.5 Å². The van der Waals surface area contributed by atoms with Crippen molar-refractivity contribution < 1.29 is 24.1 Å². The van der Waals surface area contributed by atoms with E-state index >= 15 is 0 Å². The molecule has 2 aromatic rings. The summed E-state index contributed by atoms with van der Waals surface area (Å²) in [6.45, 7) is 19.9. The number of aliphatic hydroxyl groups is 1. The van der Waals surface area contributed by atoms with Gasteiger partial charge >= 0.3 is 0 Å². The number of hydrogen-bond acceptors (Lipinski definition) is 5. The standard InChI is InChI=1S/C31H44O5/c1-10-27(33)31(8,9)34-22-20-29(4,5)36-26-17-13-24(14-18-26)30(6,7)23-11-15-25(16-12-23)35-28(2,3)19-21-32/h10-18,32H,1,19-22H2,2-9H3. The first-order chi connectivity index (χ1) is 16.6. The molecule has 0 aliphatic heterocycles. The van der Waals surface area contributed by atoms with Crippen LogP contribution < -0.4 is 9.47 Å². The van der Waals surface area contributed by atoms with Gasteiger partial charge in [-0.2, -0.15) is 0 Å². The van der Waals surface area contributed by atoms with Crippen LogP contribution in [0.2, 0.25) is 0 Å². The van der Waals surface area contributed by atoms with E-state index in [1.54, 1.807) is 13.8 Å². The third-order valence-electron chi connectivity index (χ3n) is 6.60. The van der Waals surface area contributed by atoms with E-state index in [2.05, 4.69) is 44.7 Å². The Morgan fingerprint density at radius 3 is 1.58 bits per heavy atom. The van der Waals surface area contributed by atoms with Gasteiger partial charge in [-0.1, -0.05) is 44.7 Å². The zero-order chi connectivity index (χ0) is 27.2. The smallest absolute Gasteiger partial charge is 0.186 e. The molecular weight excluding hydrogens is 452 g/mol. The molecule has 0 aliphatic carbocycles. The van der Waals surface area contributed by atoms with Gasteiger partial charge in [0, 0.05) is 24.9 Å². The maximum atomic E-state index is 11.9. The van der Waals surface area contributed by atoms with Gasteiger partial charge < -0.3 is 19.3 Å². The Hall–Kier alpha value is -2.63. The number of benzene rings is 2. The lowest BCUT2D eigenvalue weighted by atomic mass is 9.78. The summed E-state index contributed by atoms with van der Waals surface area (Å²) in [5.74, 6) is 1.45. The fourth-order valence-corrected chi connectivity index (χ4v) is 3.92. The maximum Gasteiger partial charge on any atom is 0.186 e. The van der Waals surface area contributed by atoms with Gasteiger partial charge in [0.25, 0.3) is 0 Å². The van der Waals surface area contributed by atoms with Gasteiger partial charge in [-0.05, 0) is 83.0 Å². The highest BCUT2D eigenvalue weighted by atomic mass is 16.5. The van der Waals surface area contributed by atoms with Gasteiger partial charge in [-0.15, -0.1) is 0 Å². The van der Waals surface area contributed by atoms with Crippen LogP contribution in [0.4, 0.5) is 0 Å². The second-order valence-electron chi connectivity index (χ2n) is 11.5. The second-order valence-corrected chi connectivity index (χ2v) is 11.5. The van der Waals surface area contributed by atoms with Crippen molar-refractivity contribution in [3.63, 3.8) is 0 Å². The molecule has 0 heterocycles. The molecule has 1 N–H and O–H groups in total. The summed E-state index contributed by atoms with van der Waals surface area (Å²) in [4.78, 5) is 11.9. The number of ketones is 1. The monoisotopic (exact) mass is 496 g/mol. The van der Waals surface area contributed by atoms with Crippen LogP contribution in [-0.4, -0.2) is 40.9 Å². The molecule has 198 valence electrons. The van der Waals surface area contributed by atoms with Crippen molar-refractivity contribution >= 4 is 5.78 Å². The Morgan fingerprint density at radius 1 is 0.778 bits per heavy atom. The van der Waals surface area contributed by atoms with Crippen LogP contribution in [0.3, 0.4) is 0 Å². The first kappa shape index (κ1) is 29.6. The Kier molecular flexibility index (Phi) is 9.55. The van der Waals surface area contributed by atoms with Crippen LogP contribution in [0.25, 0.3) is 0 Å². The van der Waals surface area contributed by atoms with Gasteiger partial charge in [-0.25, -0.2) is 0 Å². The number of rotatable bonds is 14. The number of aliphatic hydroxyl groups excluding tert-OH is 1. The van der Waals surface area contributed by atoms with Crippen LogP contribution in [0.15, 0.2) is 61.2 Å². The number of ether oxygens (including phenoxy) is 3. The van der Waals surface area contributed by atoms with E-state index in [0.717, 1.165) is 11.5 Å². The molecule has 0 atom stereocenters. The van der Waals surface area contributed by atoms with E-state index < -0.39 is 16.8 Å². The van der Waals surface area contributed by atoms with E-state index in [4.69, 9.17) is 14.2 Å². The molecule has 0 aliphatic rings. The molecule has 0 radical (unpaired) electrons. The first-order valence-corrected chi connectivity index (χ1v) is 12.6.